The van der Waals surface area contributed by atoms with Gasteiger partial charge in [0.15, 0.2) is 0 Å². The summed E-state index contributed by atoms with van der Waals surface area (Å²) < 4.78 is 28.4. The predicted molar refractivity (Wildman–Crippen MR) is 100 cm³/mol. The third-order valence-electron chi connectivity index (χ3n) is 5.99. The van der Waals surface area contributed by atoms with Crippen molar-refractivity contribution in [3.63, 3.8) is 0 Å². The molecular formula is C19H27N3O3S. The topological polar surface area (TPSA) is 60.9 Å². The summed E-state index contributed by atoms with van der Waals surface area (Å²) in [7, 11) is -3.34. The van der Waals surface area contributed by atoms with E-state index in [1.54, 1.807) is 8.61 Å². The van der Waals surface area contributed by atoms with Crippen LogP contribution in [0.1, 0.15) is 42.7 Å². The Morgan fingerprint density at radius 2 is 1.62 bits per heavy atom. The lowest BCUT2D eigenvalue weighted by molar-refractivity contribution is -0.132. The van der Waals surface area contributed by atoms with E-state index in [9.17, 15) is 13.2 Å². The Kier molecular flexibility index (Phi) is 5.03. The fourth-order valence-corrected chi connectivity index (χ4v) is 6.12. The standard InChI is InChI=1S/C19H27N3O3S/c23-19(15-17-8-7-16-5-1-2-6-18(16)17)20-11-13-22(14-12-20)26(24,25)21-9-3-4-10-21/h1-2,5-6,17H,3-4,7-15H2. The first kappa shape index (κ1) is 17.9. The zero-order chi connectivity index (χ0) is 18.1. The van der Waals surface area contributed by atoms with Crippen LogP contribution in [0.15, 0.2) is 24.3 Å². The van der Waals surface area contributed by atoms with E-state index in [2.05, 4.69) is 18.2 Å². The van der Waals surface area contributed by atoms with Crippen LogP contribution in [0.25, 0.3) is 0 Å². The van der Waals surface area contributed by atoms with Crippen LogP contribution in [0.4, 0.5) is 0 Å². The summed E-state index contributed by atoms with van der Waals surface area (Å²) in [4.78, 5) is 14.6. The Labute approximate surface area is 155 Å². The van der Waals surface area contributed by atoms with Crippen LogP contribution in [0.2, 0.25) is 0 Å². The number of aryl methyl sites for hydroxylation is 1. The van der Waals surface area contributed by atoms with Crippen molar-refractivity contribution >= 4 is 16.1 Å². The molecule has 1 unspecified atom stereocenters. The number of piperazine rings is 1. The lowest BCUT2D eigenvalue weighted by Gasteiger charge is -2.36. The van der Waals surface area contributed by atoms with E-state index < -0.39 is 10.2 Å². The molecule has 0 saturated carbocycles. The van der Waals surface area contributed by atoms with Gasteiger partial charge in [0.25, 0.3) is 10.2 Å². The number of carbonyl (C=O) groups excluding carboxylic acids is 1. The van der Waals surface area contributed by atoms with Gasteiger partial charge >= 0.3 is 0 Å². The third kappa shape index (κ3) is 3.40. The molecule has 2 heterocycles. The number of hydrogen-bond acceptors (Lipinski definition) is 3. The highest BCUT2D eigenvalue weighted by Crippen LogP contribution is 2.35. The van der Waals surface area contributed by atoms with Crippen molar-refractivity contribution in [2.75, 3.05) is 39.3 Å². The monoisotopic (exact) mass is 377 g/mol. The highest BCUT2D eigenvalue weighted by Gasteiger charge is 2.35. The number of benzene rings is 1. The van der Waals surface area contributed by atoms with Crippen molar-refractivity contribution in [3.8, 4) is 0 Å². The van der Waals surface area contributed by atoms with Gasteiger partial charge < -0.3 is 4.90 Å². The Balaban J connectivity index is 1.33. The summed E-state index contributed by atoms with van der Waals surface area (Å²) in [6.45, 7) is 3.07. The molecule has 6 nitrogen and oxygen atoms in total. The van der Waals surface area contributed by atoms with Gasteiger partial charge in [-0.3, -0.25) is 4.79 Å². The zero-order valence-corrected chi connectivity index (χ0v) is 16.0. The summed E-state index contributed by atoms with van der Waals surface area (Å²) in [5.41, 5.74) is 2.68. The average Bonchev–Trinajstić information content (AvgIpc) is 3.33. The molecule has 1 aromatic carbocycles. The highest BCUT2D eigenvalue weighted by atomic mass is 32.2. The first-order valence-corrected chi connectivity index (χ1v) is 11.1. The molecule has 3 aliphatic rings. The van der Waals surface area contributed by atoms with E-state index >= 15 is 0 Å². The SMILES string of the molecule is O=C(CC1CCc2ccccc21)N1CCN(S(=O)(=O)N2CCCC2)CC1. The molecule has 0 bridgehead atoms. The molecule has 1 aromatic rings. The van der Waals surface area contributed by atoms with Crippen molar-refractivity contribution in [2.24, 2.45) is 0 Å². The van der Waals surface area contributed by atoms with Crippen LogP contribution < -0.4 is 0 Å². The predicted octanol–water partition coefficient (Wildman–Crippen LogP) is 1.59. The van der Waals surface area contributed by atoms with Crippen LogP contribution in [0.3, 0.4) is 0 Å². The van der Waals surface area contributed by atoms with Crippen LogP contribution in [-0.2, 0) is 21.4 Å². The van der Waals surface area contributed by atoms with Crippen molar-refractivity contribution in [1.29, 1.82) is 0 Å². The molecule has 0 aromatic heterocycles. The number of amides is 1. The fraction of sp³-hybridized carbons (Fsp3) is 0.632. The van der Waals surface area contributed by atoms with Gasteiger partial charge in [-0.25, -0.2) is 0 Å². The lowest BCUT2D eigenvalue weighted by atomic mass is 9.97. The lowest BCUT2D eigenvalue weighted by Crippen LogP contribution is -2.53. The number of hydrogen-bond donors (Lipinski definition) is 0. The zero-order valence-electron chi connectivity index (χ0n) is 15.1. The molecule has 2 aliphatic heterocycles. The fourth-order valence-electron chi connectivity index (χ4n) is 4.45. The van der Waals surface area contributed by atoms with Crippen LogP contribution in [0, 0.1) is 0 Å². The molecule has 0 radical (unpaired) electrons. The van der Waals surface area contributed by atoms with Gasteiger partial charge in [-0.15, -0.1) is 0 Å². The molecule has 0 spiro atoms. The molecule has 2 saturated heterocycles. The molecule has 142 valence electrons. The van der Waals surface area contributed by atoms with E-state index in [1.165, 1.54) is 11.1 Å². The molecule has 26 heavy (non-hydrogen) atoms. The molecule has 1 aliphatic carbocycles. The van der Waals surface area contributed by atoms with Gasteiger partial charge in [0.2, 0.25) is 5.91 Å². The Bertz CT molecular complexity index is 766. The summed E-state index contributed by atoms with van der Waals surface area (Å²) in [5.74, 6) is 0.468. The summed E-state index contributed by atoms with van der Waals surface area (Å²) in [6.07, 6.45) is 4.52. The number of carbonyl (C=O) groups is 1. The Morgan fingerprint density at radius 1 is 0.962 bits per heavy atom. The van der Waals surface area contributed by atoms with E-state index in [1.807, 2.05) is 11.0 Å². The van der Waals surface area contributed by atoms with Crippen molar-refractivity contribution < 1.29 is 13.2 Å². The normalized spacial score (nSPS) is 24.8. The molecular weight excluding hydrogens is 350 g/mol. The Hall–Kier alpha value is -1.44. The maximum absolute atomic E-state index is 12.7. The molecule has 7 heteroatoms. The maximum Gasteiger partial charge on any atom is 0.282 e. The minimum absolute atomic E-state index is 0.157. The van der Waals surface area contributed by atoms with Gasteiger partial charge in [-0.1, -0.05) is 24.3 Å². The smallest absolute Gasteiger partial charge is 0.282 e. The van der Waals surface area contributed by atoms with Crippen molar-refractivity contribution in [2.45, 2.75) is 38.0 Å². The minimum Gasteiger partial charge on any atom is -0.340 e. The largest absolute Gasteiger partial charge is 0.340 e. The molecule has 2 fully saturated rings. The summed E-state index contributed by atoms with van der Waals surface area (Å²) in [5, 5.41) is 0. The van der Waals surface area contributed by atoms with Gasteiger partial charge in [0, 0.05) is 45.7 Å². The van der Waals surface area contributed by atoms with Crippen molar-refractivity contribution in [3.05, 3.63) is 35.4 Å². The molecule has 1 amide bonds. The number of rotatable bonds is 4. The van der Waals surface area contributed by atoms with Gasteiger partial charge in [-0.2, -0.15) is 17.0 Å². The number of fused-ring (bicyclic) bond motifs is 1. The van der Waals surface area contributed by atoms with Crippen LogP contribution in [-0.4, -0.2) is 67.1 Å². The summed E-state index contributed by atoms with van der Waals surface area (Å²) in [6, 6.07) is 8.40. The first-order chi connectivity index (χ1) is 12.6. The molecule has 4 rings (SSSR count). The molecule has 1 atom stereocenters. The van der Waals surface area contributed by atoms with E-state index in [-0.39, 0.29) is 5.91 Å². The van der Waals surface area contributed by atoms with E-state index in [4.69, 9.17) is 0 Å². The second kappa shape index (κ2) is 7.29. The summed E-state index contributed by atoms with van der Waals surface area (Å²) >= 11 is 0. The van der Waals surface area contributed by atoms with E-state index in [0.29, 0.717) is 51.6 Å². The van der Waals surface area contributed by atoms with Gasteiger partial charge in [-0.05, 0) is 42.7 Å². The van der Waals surface area contributed by atoms with Gasteiger partial charge in [0.1, 0.15) is 0 Å². The quantitative estimate of drug-likeness (QED) is 0.801. The Morgan fingerprint density at radius 3 is 2.35 bits per heavy atom. The van der Waals surface area contributed by atoms with Crippen LogP contribution in [0.5, 0.6) is 0 Å². The third-order valence-corrected chi connectivity index (χ3v) is 8.02. The van der Waals surface area contributed by atoms with E-state index in [0.717, 1.165) is 25.7 Å². The minimum atomic E-state index is -3.34. The van der Waals surface area contributed by atoms with Crippen molar-refractivity contribution in [1.82, 2.24) is 13.5 Å². The average molecular weight is 378 g/mol. The second-order valence-electron chi connectivity index (χ2n) is 7.53. The maximum atomic E-state index is 12.7. The highest BCUT2D eigenvalue weighted by molar-refractivity contribution is 7.86. The molecule has 0 N–H and O–H groups in total. The van der Waals surface area contributed by atoms with Gasteiger partial charge in [0.05, 0.1) is 0 Å². The van der Waals surface area contributed by atoms with Crippen LogP contribution >= 0.6 is 0 Å². The second-order valence-corrected chi connectivity index (χ2v) is 9.46. The first-order valence-electron chi connectivity index (χ1n) is 9.66. The number of nitrogens with zero attached hydrogens (tertiary/aromatic N) is 3.